The predicted octanol–water partition coefficient (Wildman–Crippen LogP) is -73.8. The van der Waals surface area contributed by atoms with Crippen LogP contribution in [-0.4, -0.2) is 453 Å². The summed E-state index contributed by atoms with van der Waals surface area (Å²) in [5.41, 5.74) is 0. The Morgan fingerprint density at radius 3 is 0.429 bits per heavy atom. The molecule has 0 aliphatic rings. The van der Waals surface area contributed by atoms with Crippen molar-refractivity contribution in [3.8, 4) is 0 Å². The molecule has 1 atom stereocenters. The zero-order chi connectivity index (χ0) is 35.6. The van der Waals surface area contributed by atoms with E-state index < -0.39 is 78.8 Å². The molecule has 5 N–H and O–H groups in total. The molecule has 0 spiro atoms. The average Bonchev–Trinajstić information content (AvgIpc) is 2.45. The smallest absolute Gasteiger partial charge is 1.00 e. The first-order valence-electron chi connectivity index (χ1n) is 5.52. The van der Waals surface area contributed by atoms with Crippen LogP contribution in [0.3, 0.4) is 0 Å². The molecule has 77 heavy (non-hydrogen) atoms. The van der Waals surface area contributed by atoms with E-state index in [1.54, 1.807) is 0 Å². The fourth-order valence-electron chi connectivity index (χ4n) is 0. The molecule has 0 saturated carbocycles. The third kappa shape index (κ3) is 1110. The zero-order valence-corrected chi connectivity index (χ0v) is 96.1. The van der Waals surface area contributed by atoms with Crippen molar-refractivity contribution in [1.82, 2.24) is 0 Å². The van der Waals surface area contributed by atoms with Gasteiger partial charge >= 0.3 is 645 Å². The Hall–Kier alpha value is 24.8. The Balaban J connectivity index is -0.00000000319. The summed E-state index contributed by atoms with van der Waals surface area (Å²) >= 11 is -3.19. The van der Waals surface area contributed by atoms with E-state index in [1.165, 1.54) is 0 Å². The van der Waals surface area contributed by atoms with Crippen LogP contribution in [0.2, 0.25) is 0 Å². The van der Waals surface area contributed by atoms with Gasteiger partial charge in [-0.25, -0.2) is 16.8 Å². The molecule has 0 bridgehead atoms. The first-order chi connectivity index (χ1) is 16.6. The van der Waals surface area contributed by atoms with E-state index in [4.69, 9.17) is 120 Å². The number of hydrogen-bond acceptors (Lipinski definition) is 31. The van der Waals surface area contributed by atoms with Gasteiger partial charge < -0.3 is 197 Å². The van der Waals surface area contributed by atoms with Crippen LogP contribution in [0.1, 0.15) is 38.6 Å². The summed E-state index contributed by atoms with van der Waals surface area (Å²) < 4.78 is 232. The second kappa shape index (κ2) is 212. The van der Waals surface area contributed by atoms with Gasteiger partial charge in [0.1, 0.15) is 0 Å². The molecule has 399 valence electrons. The molecule has 1 radical (unpaired) electrons. The minimum absolute atomic E-state index is 0. The largest absolute Gasteiger partial charge is 2.00 e. The van der Waals surface area contributed by atoms with Crippen LogP contribution in [0, 0.1) is 0 Å². The van der Waals surface area contributed by atoms with Gasteiger partial charge in [0, 0.05) is 60.8 Å². The van der Waals surface area contributed by atoms with Gasteiger partial charge in [0.15, 0.2) is 0 Å². The van der Waals surface area contributed by atoms with E-state index in [-0.39, 0.29) is 845 Å². The van der Waals surface area contributed by atoms with Gasteiger partial charge in [0.2, 0.25) is 20.8 Å². The Morgan fingerprint density at radius 1 is 0.403 bits per heavy atom. The van der Waals surface area contributed by atoms with Gasteiger partial charge in [-0.15, -0.1) is 23.8 Å². The Kier molecular flexibility index (Phi) is 883. The quantitative estimate of drug-likeness (QED) is 0.0379. The summed E-state index contributed by atoms with van der Waals surface area (Å²) in [4.78, 5) is 0. The zero-order valence-electron chi connectivity index (χ0n) is 39.7. The summed E-state index contributed by atoms with van der Waals surface area (Å²) in [6, 6.07) is 0. The molecule has 0 saturated heterocycles. The van der Waals surface area contributed by atoms with Crippen molar-refractivity contribution < 1.29 is 606 Å². The number of hydrogen-bond donors (Lipinski definition) is 4. The van der Waals surface area contributed by atoms with Crippen LogP contribution >= 0.6 is 12.4 Å². The van der Waals surface area contributed by atoms with Crippen molar-refractivity contribution in [2.75, 3.05) is 0 Å². The third-order valence-electron chi connectivity index (χ3n) is 0.174. The summed E-state index contributed by atoms with van der Waals surface area (Å²) in [5, 5.41) is 14.4. The average molecular weight is 1880 g/mol. The van der Waals surface area contributed by atoms with Crippen LogP contribution in [0.15, 0.2) is 0 Å². The van der Waals surface area contributed by atoms with Gasteiger partial charge in [-0.1, -0.05) is 37.1 Å². The van der Waals surface area contributed by atoms with E-state index in [0.717, 1.165) is 0 Å². The van der Waals surface area contributed by atoms with Crippen LogP contribution in [0.4, 0.5) is 0 Å². The molecule has 0 aliphatic carbocycles. The molecule has 0 amide bonds. The van der Waals surface area contributed by atoms with Gasteiger partial charge in [-0.05, 0) is 0 Å². The van der Waals surface area contributed by atoms with E-state index >= 15 is 0 Å². The maximum atomic E-state index is 9.58. The van der Waals surface area contributed by atoms with Gasteiger partial charge in [0.05, 0.1) is 11.0 Å². The molecule has 0 aliphatic heterocycles. The monoisotopic (exact) mass is 1870 g/mol. The minimum Gasteiger partial charge on any atom is -1.00 e. The normalized spacial score (nSPS) is 6.38. The maximum Gasteiger partial charge on any atom is 2.00 e. The molecule has 0 aromatic carbocycles. The van der Waals surface area contributed by atoms with Crippen LogP contribution in [0.25, 0.3) is 0 Å². The van der Waals surface area contributed by atoms with E-state index in [9.17, 15) is 8.76 Å². The molecule has 1 unspecified atom stereocenters. The Bertz CT molecular complexity index is 1250. The minimum atomic E-state index is -5.17. The first kappa shape index (κ1) is 321. The molecule has 0 fully saturated rings. The van der Waals surface area contributed by atoms with Crippen molar-refractivity contribution in [3.05, 3.63) is 0 Å². The first-order valence-corrected chi connectivity index (χ1v) is 18.5. The van der Waals surface area contributed by atoms with Crippen molar-refractivity contribution >= 4 is 418 Å². The van der Waals surface area contributed by atoms with Gasteiger partial charge in [-0.2, -0.15) is 0 Å². The summed E-state index contributed by atoms with van der Waals surface area (Å²) in [6.45, 7) is 0. The molecule has 32 nitrogen and oxygen atoms in total. The molecule has 0 heterocycles. The molecule has 0 aromatic rings. The number of halogens is 12. The van der Waals surface area contributed by atoms with Crippen molar-refractivity contribution in [3.63, 3.8) is 0 Å². The molecule has 72 heteroatoms. The Morgan fingerprint density at radius 2 is 0.429 bits per heavy atom. The van der Waals surface area contributed by atoms with Gasteiger partial charge in [0.25, 0.3) is 0 Å². The topological polar surface area (TPSA) is 622 Å². The maximum absolute atomic E-state index is 9.58. The van der Waals surface area contributed by atoms with E-state index in [1.807, 2.05) is 0 Å². The fraction of sp³-hybridized carbons (Fsp3) is 1.00. The molecule has 0 aromatic heterocycles. The second-order valence-corrected chi connectivity index (χ2v) is 12.9. The summed E-state index contributed by atoms with van der Waals surface area (Å²) in [5.74, 6) is 0. The van der Waals surface area contributed by atoms with Crippen molar-refractivity contribution in [2.24, 2.45) is 0 Å². The summed E-state index contributed by atoms with van der Waals surface area (Å²) in [7, 11) is -28.1. The fourth-order valence-corrected chi connectivity index (χ4v) is 0. The standard InChI is InChI=1S/5CH4.8Ca.12ClH.12Na.6H2O4S.HO4S.H2O3S.H2O.H/c;;;;;;;;;;;;;;;;;;;;;;;;;;;;;;;;;;;;;5*1-5(2,3)4;2*1-4-5(2)3;1-4(2)3;;/h5*1H4;;;;;;;;;12*1H;;;;;;;;;;;;;5*(H2,1,2,3,4);1H,(H,2,3);1H;(H2,1,2,3);1H2;/q;;;;;;7*+2;;;;;;;;;;;;;;11*+1;;;;;;;-1;;;-1/p-23. The molecular weight excluding hydrogens is 1850 g/mol. The van der Waals surface area contributed by atoms with Crippen LogP contribution in [0.5, 0.6) is 0 Å². The summed E-state index contributed by atoms with van der Waals surface area (Å²) in [6.07, 6.45) is 0. The van der Waals surface area contributed by atoms with E-state index in [0.29, 0.717) is 0 Å². The predicted molar refractivity (Wildman–Crippen MR) is 187 cm³/mol. The molecular formula is C5H27Ca8Cl12Na12O32S8. The van der Waals surface area contributed by atoms with Gasteiger partial charge in [-0.3, -0.25) is 48.2 Å². The van der Waals surface area contributed by atoms with Crippen molar-refractivity contribution in [2.45, 2.75) is 37.1 Å². The van der Waals surface area contributed by atoms with Crippen molar-refractivity contribution in [1.29, 1.82) is 0 Å². The van der Waals surface area contributed by atoms with Crippen LogP contribution < -0.4 is 462 Å². The number of rotatable bonds is 2. The Labute approximate surface area is 1030 Å². The third-order valence-corrected chi connectivity index (χ3v) is 1.02. The van der Waals surface area contributed by atoms with Crippen LogP contribution in [-0.2, 0) is 95.9 Å². The van der Waals surface area contributed by atoms with E-state index in [2.05, 4.69) is 8.67 Å². The molecule has 0 rings (SSSR count). The second-order valence-electron chi connectivity index (χ2n) is 3.20. The SMILES string of the molecule is C.C.C.C.C.Cl.O=S(=O)([O-])O.O=S(=O)([O-])O.O=S(=O)([O-])[O-].O=S(=O)([O-])[O-].O=S(=O)([O-])[O-].O=S([O-])[O-].O=[S-](=O)OO.O=[S]([O-])(=[Ca])OO.[Ca+2].[Ca+2].[Ca+2].[Ca+2].[Ca+2].[Ca+2].[Ca+2].[Cl-].[Cl-].[Cl-].[Cl-].[Cl-].[Cl-].[Cl-].[Cl-].[Cl-].[Cl-].[Cl-].[H-].[Na+].[Na+].[Na+].[Na+].[Na+].[Na+].[Na+].[Na+].[Na+].[Na+].[Na+].[Na].[OH-].